The summed E-state index contributed by atoms with van der Waals surface area (Å²) >= 11 is 0. The second kappa shape index (κ2) is 7.13. The molecule has 0 saturated carbocycles. The number of fused-ring (bicyclic) bond motifs is 5. The number of para-hydroxylation sites is 3. The molecule has 2 unspecified atom stereocenters. The van der Waals surface area contributed by atoms with Crippen LogP contribution >= 0.6 is 0 Å². The molecule has 5 heteroatoms. The van der Waals surface area contributed by atoms with E-state index in [1.807, 2.05) is 6.07 Å². The van der Waals surface area contributed by atoms with Crippen LogP contribution in [0.3, 0.4) is 0 Å². The summed E-state index contributed by atoms with van der Waals surface area (Å²) in [6.45, 7) is 11.7. The summed E-state index contributed by atoms with van der Waals surface area (Å²) in [6.07, 6.45) is 4.06. The number of aromatic nitrogens is 1. The van der Waals surface area contributed by atoms with Gasteiger partial charge in [-0.1, -0.05) is 51.1 Å². The maximum absolute atomic E-state index is 9.74. The first-order valence-corrected chi connectivity index (χ1v) is 11.6. The molecule has 3 heterocycles. The predicted octanol–water partition coefficient (Wildman–Crippen LogP) is 6.24. The molecule has 0 saturated heterocycles. The van der Waals surface area contributed by atoms with Crippen molar-refractivity contribution in [1.82, 2.24) is 0 Å². The zero-order valence-electron chi connectivity index (χ0n) is 19.6. The zero-order chi connectivity index (χ0) is 22.7. The van der Waals surface area contributed by atoms with Gasteiger partial charge < -0.3 is 4.81 Å². The van der Waals surface area contributed by atoms with Gasteiger partial charge >= 0.3 is 6.98 Å². The maximum atomic E-state index is 9.74. The summed E-state index contributed by atoms with van der Waals surface area (Å²) in [5, 5.41) is 9.66. The standard InChI is InChI=1S/C27H30BN4/c1-6-26(4)27(5,7-2)30-19-21(18-29)17-20(3)25(30)32-24-16-12-11-15-23(24)31(28(26)32)22-13-9-8-10-14-22/h8-17,19H,6-7H2,1-5H3/q+1. The number of anilines is 4. The van der Waals surface area contributed by atoms with Crippen LogP contribution in [-0.2, 0) is 5.54 Å². The first-order chi connectivity index (χ1) is 15.4. The molecule has 2 aliphatic rings. The second-order valence-electron chi connectivity index (χ2n) is 9.55. The quantitative estimate of drug-likeness (QED) is 0.371. The van der Waals surface area contributed by atoms with Gasteiger partial charge in [-0.15, -0.1) is 0 Å². The van der Waals surface area contributed by atoms with Crippen LogP contribution in [0.1, 0.15) is 51.7 Å². The Hall–Kier alpha value is -3.26. The van der Waals surface area contributed by atoms with Crippen molar-refractivity contribution in [1.29, 1.82) is 5.26 Å². The fourth-order valence-corrected chi connectivity index (χ4v) is 6.08. The van der Waals surface area contributed by atoms with Gasteiger partial charge in [-0.2, -0.15) is 5.26 Å². The molecule has 32 heavy (non-hydrogen) atoms. The van der Waals surface area contributed by atoms with Crippen molar-refractivity contribution >= 4 is 29.9 Å². The highest BCUT2D eigenvalue weighted by atomic mass is 15.4. The third-order valence-electron chi connectivity index (χ3n) is 8.26. The van der Waals surface area contributed by atoms with E-state index in [4.69, 9.17) is 0 Å². The Balaban J connectivity index is 1.90. The molecule has 0 spiro atoms. The minimum Gasteiger partial charge on any atom is -0.340 e. The van der Waals surface area contributed by atoms with E-state index in [9.17, 15) is 5.26 Å². The van der Waals surface area contributed by atoms with Crippen molar-refractivity contribution in [2.45, 2.75) is 58.3 Å². The summed E-state index contributed by atoms with van der Waals surface area (Å²) in [6, 6.07) is 23.9. The lowest BCUT2D eigenvalue weighted by Crippen LogP contribution is -2.74. The van der Waals surface area contributed by atoms with Crippen molar-refractivity contribution in [3.8, 4) is 6.07 Å². The Morgan fingerprint density at radius 1 is 0.938 bits per heavy atom. The SMILES string of the molecule is CCC1(C)B2N(c3ccccc3)c3ccccc3N2c2c(C)cc(C#N)c[n+]2C1(C)CC. The van der Waals surface area contributed by atoms with E-state index in [1.54, 1.807) is 0 Å². The molecule has 2 atom stereocenters. The summed E-state index contributed by atoms with van der Waals surface area (Å²) in [5.41, 5.74) is 5.36. The molecule has 0 N–H and O–H groups in total. The number of rotatable bonds is 3. The van der Waals surface area contributed by atoms with Crippen molar-refractivity contribution in [2.24, 2.45) is 0 Å². The molecule has 0 amide bonds. The van der Waals surface area contributed by atoms with Gasteiger partial charge in [-0.25, -0.2) is 4.57 Å². The number of nitriles is 1. The number of hydrogen-bond acceptors (Lipinski definition) is 3. The van der Waals surface area contributed by atoms with Crippen LogP contribution in [0.5, 0.6) is 0 Å². The van der Waals surface area contributed by atoms with E-state index in [1.165, 1.54) is 22.9 Å². The molecular weight excluding hydrogens is 391 g/mol. The lowest BCUT2D eigenvalue weighted by atomic mass is 9.39. The van der Waals surface area contributed by atoms with Gasteiger partial charge in [0.25, 0.3) is 5.82 Å². The summed E-state index contributed by atoms with van der Waals surface area (Å²) in [4.78, 5) is 5.06. The minimum absolute atomic E-state index is 0.0885. The van der Waals surface area contributed by atoms with E-state index in [-0.39, 0.29) is 17.8 Å². The average molecular weight is 421 g/mol. The first-order valence-electron chi connectivity index (χ1n) is 11.6. The van der Waals surface area contributed by atoms with Crippen molar-refractivity contribution in [3.05, 3.63) is 78.0 Å². The van der Waals surface area contributed by atoms with Gasteiger partial charge in [0.05, 0.1) is 16.6 Å². The van der Waals surface area contributed by atoms with Gasteiger partial charge in [0.2, 0.25) is 0 Å². The van der Waals surface area contributed by atoms with E-state index >= 15 is 0 Å². The molecule has 3 aromatic rings. The third-order valence-corrected chi connectivity index (χ3v) is 8.26. The summed E-state index contributed by atoms with van der Waals surface area (Å²) in [7, 11) is 0. The molecule has 0 aliphatic carbocycles. The number of benzene rings is 2. The molecule has 1 aromatic heterocycles. The van der Waals surface area contributed by atoms with E-state index in [0.717, 1.165) is 24.0 Å². The number of nitrogens with zero attached hydrogens (tertiary/aromatic N) is 4. The van der Waals surface area contributed by atoms with Crippen LogP contribution in [0.4, 0.5) is 22.9 Å². The molecule has 0 radical (unpaired) electrons. The smallest absolute Gasteiger partial charge is 0.340 e. The minimum atomic E-state index is -0.162. The van der Waals surface area contributed by atoms with Crippen molar-refractivity contribution in [3.63, 3.8) is 0 Å². The Labute approximate surface area is 191 Å². The molecule has 160 valence electrons. The maximum Gasteiger partial charge on any atom is 0.517 e. The molecule has 0 bridgehead atoms. The van der Waals surface area contributed by atoms with Crippen LogP contribution in [0.25, 0.3) is 0 Å². The van der Waals surface area contributed by atoms with Gasteiger partial charge in [0, 0.05) is 11.3 Å². The fourth-order valence-electron chi connectivity index (χ4n) is 6.08. The average Bonchev–Trinajstić information content (AvgIpc) is 3.18. The number of hydrogen-bond donors (Lipinski definition) is 0. The molecular formula is C27H30BN4+. The van der Waals surface area contributed by atoms with Gasteiger partial charge in [0.1, 0.15) is 23.5 Å². The third kappa shape index (κ3) is 2.47. The van der Waals surface area contributed by atoms with Crippen molar-refractivity contribution in [2.75, 3.05) is 9.62 Å². The van der Waals surface area contributed by atoms with Crippen LogP contribution in [0.15, 0.2) is 66.9 Å². The Bertz CT molecular complexity index is 1230. The highest BCUT2D eigenvalue weighted by molar-refractivity contribution is 6.76. The number of aryl methyl sites for hydroxylation is 1. The largest absolute Gasteiger partial charge is 0.517 e. The molecule has 0 fully saturated rings. The lowest BCUT2D eigenvalue weighted by molar-refractivity contribution is -0.758. The van der Waals surface area contributed by atoms with Gasteiger partial charge in [-0.3, -0.25) is 4.81 Å². The van der Waals surface area contributed by atoms with Crippen LogP contribution in [-0.4, -0.2) is 6.98 Å². The lowest BCUT2D eigenvalue weighted by Gasteiger charge is -2.51. The van der Waals surface area contributed by atoms with E-state index in [2.05, 4.69) is 116 Å². The van der Waals surface area contributed by atoms with Crippen LogP contribution in [0, 0.1) is 18.3 Å². The van der Waals surface area contributed by atoms with E-state index < -0.39 is 0 Å². The van der Waals surface area contributed by atoms with Crippen molar-refractivity contribution < 1.29 is 4.57 Å². The predicted molar refractivity (Wildman–Crippen MR) is 132 cm³/mol. The highest BCUT2D eigenvalue weighted by Gasteiger charge is 2.70. The molecule has 4 nitrogen and oxygen atoms in total. The first kappa shape index (κ1) is 20.6. The van der Waals surface area contributed by atoms with Crippen LogP contribution < -0.4 is 14.2 Å². The number of pyridine rings is 1. The Morgan fingerprint density at radius 3 is 2.16 bits per heavy atom. The van der Waals surface area contributed by atoms with Crippen LogP contribution in [0.2, 0.25) is 5.31 Å². The normalized spacial score (nSPS) is 23.4. The summed E-state index contributed by atoms with van der Waals surface area (Å²) < 4.78 is 2.41. The zero-order valence-corrected chi connectivity index (χ0v) is 19.6. The summed E-state index contributed by atoms with van der Waals surface area (Å²) in [5.74, 6) is 1.19. The topological polar surface area (TPSA) is 34.1 Å². The Kier molecular flexibility index (Phi) is 4.60. The Morgan fingerprint density at radius 2 is 1.56 bits per heavy atom. The molecule has 2 aliphatic heterocycles. The highest BCUT2D eigenvalue weighted by Crippen LogP contribution is 2.61. The molecule has 2 aromatic carbocycles. The monoisotopic (exact) mass is 421 g/mol. The molecule has 5 rings (SSSR count). The fraction of sp³-hybridized carbons (Fsp3) is 0.333. The van der Waals surface area contributed by atoms with Gasteiger partial charge in [0.15, 0.2) is 0 Å². The van der Waals surface area contributed by atoms with E-state index in [0.29, 0.717) is 0 Å². The van der Waals surface area contributed by atoms with Gasteiger partial charge in [-0.05, 0) is 57.0 Å². The second-order valence-corrected chi connectivity index (χ2v) is 9.55.